The van der Waals surface area contributed by atoms with Gasteiger partial charge in [0.1, 0.15) is 5.69 Å². The summed E-state index contributed by atoms with van der Waals surface area (Å²) in [4.78, 5) is 12.7. The Balaban J connectivity index is 1.84. The molecule has 0 unspecified atom stereocenters. The predicted molar refractivity (Wildman–Crippen MR) is 109 cm³/mol. The molecule has 0 atom stereocenters. The lowest BCUT2D eigenvalue weighted by atomic mass is 10.2. The number of anilines is 4. The normalized spacial score (nSPS) is 11.3. The molecule has 0 aliphatic carbocycles. The zero-order valence-corrected chi connectivity index (χ0v) is 16.0. The van der Waals surface area contributed by atoms with Crippen molar-refractivity contribution < 1.29 is 0 Å². The summed E-state index contributed by atoms with van der Waals surface area (Å²) in [6.07, 6.45) is 0. The molecule has 1 aromatic heterocycles. The van der Waals surface area contributed by atoms with Crippen LogP contribution in [0.25, 0.3) is 0 Å². The molecule has 0 saturated heterocycles. The highest BCUT2D eigenvalue weighted by molar-refractivity contribution is 6.28. The summed E-state index contributed by atoms with van der Waals surface area (Å²) in [6.45, 7) is 2.03. The predicted octanol–water partition coefficient (Wildman–Crippen LogP) is 4.52. The molecular weight excluding hydrogens is 348 g/mol. The van der Waals surface area contributed by atoms with Crippen LogP contribution in [0.4, 0.5) is 29.0 Å². The van der Waals surface area contributed by atoms with Gasteiger partial charge < -0.3 is 10.6 Å². The second-order valence-electron chi connectivity index (χ2n) is 6.93. The third-order valence-electron chi connectivity index (χ3n) is 3.76. The molecule has 134 valence electrons. The van der Waals surface area contributed by atoms with Gasteiger partial charge in [0.2, 0.25) is 17.2 Å². The van der Waals surface area contributed by atoms with E-state index < -0.39 is 0 Å². The molecule has 6 nitrogen and oxygen atoms in total. The van der Waals surface area contributed by atoms with Crippen molar-refractivity contribution in [1.29, 1.82) is 0 Å². The highest BCUT2D eigenvalue weighted by atomic mass is 35.5. The van der Waals surface area contributed by atoms with E-state index in [0.29, 0.717) is 16.4 Å². The second kappa shape index (κ2) is 7.27. The molecule has 2 N–H and O–H groups in total. The van der Waals surface area contributed by atoms with Gasteiger partial charge in [-0.15, -0.1) is 0 Å². The van der Waals surface area contributed by atoms with Crippen molar-refractivity contribution in [3.8, 4) is 0 Å². The van der Waals surface area contributed by atoms with Crippen LogP contribution < -0.4 is 15.1 Å². The fraction of sp³-hybridized carbons (Fsp3) is 0.211. The molecule has 0 saturated carbocycles. The van der Waals surface area contributed by atoms with Crippen LogP contribution in [0.15, 0.2) is 48.5 Å². The zero-order chi connectivity index (χ0) is 18.7. The van der Waals surface area contributed by atoms with E-state index in [2.05, 4.69) is 58.9 Å². The van der Waals surface area contributed by atoms with Crippen LogP contribution in [0.5, 0.6) is 0 Å². The standard InChI is InChI=1S/C19H22ClN6/c1-13-7-5-8-14(11-13)21-18-23-17(20)24-19(25-18)22-15-9-6-10-16(12-15)26(2,3)4/h5-12H,1-4H3,(H2,21,22,23,24,25)/q+1. The van der Waals surface area contributed by atoms with Gasteiger partial charge in [-0.2, -0.15) is 15.0 Å². The van der Waals surface area contributed by atoms with Crippen LogP contribution in [-0.4, -0.2) is 36.1 Å². The Labute approximate surface area is 158 Å². The molecule has 1 heterocycles. The second-order valence-corrected chi connectivity index (χ2v) is 7.27. The molecule has 0 amide bonds. The minimum absolute atomic E-state index is 0.125. The highest BCUT2D eigenvalue weighted by Gasteiger charge is 2.13. The number of rotatable bonds is 5. The van der Waals surface area contributed by atoms with Gasteiger partial charge in [-0.25, -0.2) is 0 Å². The first kappa shape index (κ1) is 18.1. The van der Waals surface area contributed by atoms with Gasteiger partial charge in [0, 0.05) is 17.4 Å². The molecule has 0 aliphatic heterocycles. The Morgan fingerprint density at radius 2 is 1.38 bits per heavy atom. The Bertz CT molecular complexity index is 920. The number of nitrogens with one attached hydrogen (secondary N) is 2. The maximum absolute atomic E-state index is 6.07. The quantitative estimate of drug-likeness (QED) is 0.647. The van der Waals surface area contributed by atoms with Crippen molar-refractivity contribution in [2.24, 2.45) is 0 Å². The molecular formula is C19H22ClN6+. The smallest absolute Gasteiger partial charge is 0.233 e. The SMILES string of the molecule is Cc1cccc(Nc2nc(Cl)nc(Nc3cccc([N+](C)(C)C)c3)n2)c1. The minimum Gasteiger partial charge on any atom is -0.324 e. The van der Waals surface area contributed by atoms with Crippen LogP contribution in [0.3, 0.4) is 0 Å². The van der Waals surface area contributed by atoms with E-state index in [1.165, 1.54) is 0 Å². The van der Waals surface area contributed by atoms with Gasteiger partial charge >= 0.3 is 0 Å². The van der Waals surface area contributed by atoms with Gasteiger partial charge in [0.25, 0.3) is 0 Å². The fourth-order valence-electron chi connectivity index (χ4n) is 2.44. The summed E-state index contributed by atoms with van der Waals surface area (Å²) in [6, 6.07) is 16.1. The highest BCUT2D eigenvalue weighted by Crippen LogP contribution is 2.24. The molecule has 26 heavy (non-hydrogen) atoms. The summed E-state index contributed by atoms with van der Waals surface area (Å²) < 4.78 is 0.716. The Morgan fingerprint density at radius 3 is 1.96 bits per heavy atom. The lowest BCUT2D eigenvalue weighted by Crippen LogP contribution is -2.34. The van der Waals surface area contributed by atoms with E-state index in [0.717, 1.165) is 22.6 Å². The molecule has 3 aromatic rings. The van der Waals surface area contributed by atoms with Crippen molar-refractivity contribution >= 4 is 40.6 Å². The van der Waals surface area contributed by atoms with Crippen molar-refractivity contribution in [2.75, 3.05) is 31.8 Å². The fourth-order valence-corrected chi connectivity index (χ4v) is 2.60. The average Bonchev–Trinajstić information content (AvgIpc) is 2.53. The van der Waals surface area contributed by atoms with Gasteiger partial charge in [-0.3, -0.25) is 4.48 Å². The maximum Gasteiger partial charge on any atom is 0.233 e. The lowest BCUT2D eigenvalue weighted by Gasteiger charge is -2.23. The summed E-state index contributed by atoms with van der Waals surface area (Å²) in [5.41, 5.74) is 4.09. The number of hydrogen-bond donors (Lipinski definition) is 2. The van der Waals surface area contributed by atoms with Crippen molar-refractivity contribution in [1.82, 2.24) is 19.4 Å². The van der Waals surface area contributed by atoms with E-state index in [9.17, 15) is 0 Å². The zero-order valence-electron chi connectivity index (χ0n) is 15.3. The number of aryl methyl sites for hydroxylation is 1. The molecule has 0 fully saturated rings. The summed E-state index contributed by atoms with van der Waals surface area (Å²) >= 11 is 6.07. The molecule has 0 aliphatic rings. The lowest BCUT2D eigenvalue weighted by molar-refractivity contribution is 0.486. The first-order valence-electron chi connectivity index (χ1n) is 8.24. The van der Waals surface area contributed by atoms with E-state index in [1.807, 2.05) is 43.3 Å². The van der Waals surface area contributed by atoms with Crippen molar-refractivity contribution in [3.63, 3.8) is 0 Å². The number of halogens is 1. The summed E-state index contributed by atoms with van der Waals surface area (Å²) in [5, 5.41) is 6.48. The van der Waals surface area contributed by atoms with Gasteiger partial charge in [0.05, 0.1) is 21.1 Å². The Kier molecular flexibility index (Phi) is 5.06. The molecule has 0 bridgehead atoms. The van der Waals surface area contributed by atoms with Gasteiger partial charge in [0.15, 0.2) is 0 Å². The van der Waals surface area contributed by atoms with Crippen LogP contribution >= 0.6 is 11.6 Å². The average molecular weight is 370 g/mol. The van der Waals surface area contributed by atoms with E-state index in [4.69, 9.17) is 11.6 Å². The van der Waals surface area contributed by atoms with Crippen LogP contribution in [0.2, 0.25) is 5.28 Å². The van der Waals surface area contributed by atoms with Crippen LogP contribution in [-0.2, 0) is 0 Å². The first-order valence-corrected chi connectivity index (χ1v) is 8.62. The monoisotopic (exact) mass is 369 g/mol. The van der Waals surface area contributed by atoms with Gasteiger partial charge in [-0.1, -0.05) is 18.2 Å². The molecule has 0 radical (unpaired) electrons. The van der Waals surface area contributed by atoms with Crippen LogP contribution in [0.1, 0.15) is 5.56 Å². The molecule has 3 rings (SSSR count). The molecule has 0 spiro atoms. The summed E-state index contributed by atoms with van der Waals surface area (Å²) in [7, 11) is 6.34. The third-order valence-corrected chi connectivity index (χ3v) is 3.93. The van der Waals surface area contributed by atoms with E-state index in [1.54, 1.807) is 0 Å². The topological polar surface area (TPSA) is 62.7 Å². The maximum atomic E-state index is 6.07. The Morgan fingerprint density at radius 1 is 0.808 bits per heavy atom. The van der Waals surface area contributed by atoms with E-state index in [-0.39, 0.29) is 5.28 Å². The minimum atomic E-state index is 0.125. The molecule has 2 aromatic carbocycles. The van der Waals surface area contributed by atoms with Crippen molar-refractivity contribution in [3.05, 3.63) is 59.4 Å². The largest absolute Gasteiger partial charge is 0.324 e. The number of hydrogen-bond acceptors (Lipinski definition) is 5. The Hall–Kier alpha value is -2.70. The van der Waals surface area contributed by atoms with Crippen LogP contribution in [0, 0.1) is 6.92 Å². The number of nitrogens with zero attached hydrogens (tertiary/aromatic N) is 4. The van der Waals surface area contributed by atoms with Gasteiger partial charge in [-0.05, 0) is 48.4 Å². The first-order chi connectivity index (χ1) is 12.3. The van der Waals surface area contributed by atoms with E-state index >= 15 is 0 Å². The van der Waals surface area contributed by atoms with Crippen molar-refractivity contribution in [2.45, 2.75) is 6.92 Å². The number of benzene rings is 2. The third kappa shape index (κ3) is 4.68. The molecule has 7 heteroatoms. The summed E-state index contributed by atoms with van der Waals surface area (Å²) in [5.74, 6) is 0.777. The number of quaternary nitrogens is 1. The number of aromatic nitrogens is 3.